The first-order valence-electron chi connectivity index (χ1n) is 13.4. The number of ether oxygens (including phenoxy) is 3. The number of carbonyl (C=O) groups excluding carboxylic acids is 1. The third kappa shape index (κ3) is 6.27. The van der Waals surface area contributed by atoms with E-state index in [9.17, 15) is 9.18 Å². The molecule has 1 amide bonds. The second-order valence-electron chi connectivity index (χ2n) is 10.1. The number of pyridine rings is 1. The van der Waals surface area contributed by atoms with Crippen LogP contribution in [0.4, 0.5) is 18.9 Å². The minimum atomic E-state index is -4.13. The molecule has 0 saturated carbocycles. The number of halogens is 3. The molecule has 1 fully saturated rings. The quantitative estimate of drug-likeness (QED) is 0.274. The molecule has 0 spiro atoms. The molecule has 8 nitrogen and oxygen atoms in total. The average molecular weight is 581 g/mol. The molecule has 2 heterocycles. The normalized spacial score (nSPS) is 14.5. The molecule has 0 unspecified atom stereocenters. The van der Waals surface area contributed by atoms with Crippen LogP contribution in [0.15, 0.2) is 66.9 Å². The Morgan fingerprint density at radius 1 is 0.929 bits per heavy atom. The van der Waals surface area contributed by atoms with Crippen LogP contribution in [0.1, 0.15) is 11.1 Å². The number of aromatic nitrogens is 1. The van der Waals surface area contributed by atoms with Crippen molar-refractivity contribution in [3.63, 3.8) is 0 Å². The van der Waals surface area contributed by atoms with Crippen LogP contribution >= 0.6 is 0 Å². The summed E-state index contributed by atoms with van der Waals surface area (Å²) in [6, 6.07) is 14.4. The molecular formula is C31H31F3N4O4. The zero-order chi connectivity index (χ0) is 29.9. The van der Waals surface area contributed by atoms with Crippen molar-refractivity contribution in [2.75, 3.05) is 52.8 Å². The summed E-state index contributed by atoms with van der Waals surface area (Å²) < 4.78 is 61.6. The van der Waals surface area contributed by atoms with Crippen LogP contribution in [0, 0.1) is 5.82 Å². The zero-order valence-corrected chi connectivity index (χ0v) is 23.5. The van der Waals surface area contributed by atoms with Gasteiger partial charge < -0.3 is 24.4 Å². The number of rotatable bonds is 9. The van der Waals surface area contributed by atoms with E-state index in [4.69, 9.17) is 14.2 Å². The van der Waals surface area contributed by atoms with Gasteiger partial charge in [0.1, 0.15) is 17.3 Å². The predicted molar refractivity (Wildman–Crippen MR) is 153 cm³/mol. The maximum atomic E-state index is 15.1. The Bertz CT molecular complexity index is 1580. The second kappa shape index (κ2) is 12.3. The minimum Gasteiger partial charge on any atom is -0.493 e. The lowest BCUT2D eigenvalue weighted by Crippen LogP contribution is -2.43. The summed E-state index contributed by atoms with van der Waals surface area (Å²) in [6.45, 7) is 4.59. The molecule has 42 heavy (non-hydrogen) atoms. The summed E-state index contributed by atoms with van der Waals surface area (Å²) in [7, 11) is 5.06. The predicted octanol–water partition coefficient (Wildman–Crippen LogP) is 5.66. The van der Waals surface area contributed by atoms with E-state index in [0.29, 0.717) is 28.2 Å². The van der Waals surface area contributed by atoms with E-state index in [0.717, 1.165) is 50.4 Å². The number of carbonyl (C=O) groups is 1. The Morgan fingerprint density at radius 2 is 1.62 bits per heavy atom. The summed E-state index contributed by atoms with van der Waals surface area (Å²) in [5.74, 6) is -5.89. The van der Waals surface area contributed by atoms with Crippen molar-refractivity contribution in [2.24, 2.45) is 0 Å². The molecule has 0 radical (unpaired) electrons. The summed E-state index contributed by atoms with van der Waals surface area (Å²) >= 11 is 0. The van der Waals surface area contributed by atoms with Crippen molar-refractivity contribution < 1.29 is 32.2 Å². The monoisotopic (exact) mass is 580 g/mol. The summed E-state index contributed by atoms with van der Waals surface area (Å²) in [5.41, 5.74) is 0.659. The Morgan fingerprint density at radius 3 is 2.29 bits per heavy atom. The highest BCUT2D eigenvalue weighted by Gasteiger charge is 2.43. The molecule has 1 N–H and O–H groups in total. The van der Waals surface area contributed by atoms with Gasteiger partial charge in [0.2, 0.25) is 0 Å². The van der Waals surface area contributed by atoms with Crippen molar-refractivity contribution in [3.05, 3.63) is 83.8 Å². The van der Waals surface area contributed by atoms with E-state index in [1.807, 2.05) is 0 Å². The van der Waals surface area contributed by atoms with Gasteiger partial charge in [-0.1, -0.05) is 12.1 Å². The number of benzene rings is 3. The highest BCUT2D eigenvalue weighted by molar-refractivity contribution is 5.96. The smallest absolute Gasteiger partial charge is 0.352 e. The van der Waals surface area contributed by atoms with Crippen LogP contribution in [0.5, 0.6) is 23.0 Å². The van der Waals surface area contributed by atoms with Gasteiger partial charge in [0.15, 0.2) is 11.5 Å². The number of amides is 1. The molecule has 0 aliphatic carbocycles. The molecule has 1 saturated heterocycles. The molecule has 5 rings (SSSR count). The molecule has 220 valence electrons. The number of nitrogens with zero attached hydrogens (tertiary/aromatic N) is 3. The molecule has 1 aliphatic heterocycles. The Hall–Kier alpha value is -4.35. The molecule has 0 bridgehead atoms. The van der Waals surface area contributed by atoms with E-state index in [1.165, 1.54) is 26.5 Å². The maximum absolute atomic E-state index is 15.1. The number of methoxy groups -OCH3 is 2. The fourth-order valence-electron chi connectivity index (χ4n) is 4.77. The number of hydrogen-bond acceptors (Lipinski definition) is 7. The maximum Gasteiger partial charge on any atom is 0.352 e. The Balaban J connectivity index is 1.27. The highest BCUT2D eigenvalue weighted by atomic mass is 19.3. The lowest BCUT2D eigenvalue weighted by Gasteiger charge is -2.32. The van der Waals surface area contributed by atoms with E-state index < -0.39 is 23.2 Å². The van der Waals surface area contributed by atoms with Gasteiger partial charge in [0.05, 0.1) is 25.3 Å². The topological polar surface area (TPSA) is 76.2 Å². The van der Waals surface area contributed by atoms with Gasteiger partial charge >= 0.3 is 5.92 Å². The Kier molecular flexibility index (Phi) is 8.51. The minimum absolute atomic E-state index is 0.0364. The molecule has 11 heteroatoms. The van der Waals surface area contributed by atoms with Crippen LogP contribution in [0.25, 0.3) is 10.9 Å². The van der Waals surface area contributed by atoms with Gasteiger partial charge in [-0.05, 0) is 49.0 Å². The van der Waals surface area contributed by atoms with Crippen LogP contribution in [-0.4, -0.2) is 68.1 Å². The van der Waals surface area contributed by atoms with Gasteiger partial charge in [-0.15, -0.1) is 0 Å². The standard InChI is InChI=1S/C31H31F3N4O4/c1-37-12-14-38(15-13-37)19-20-4-6-21(7-5-20)36-30(39)31(33,34)24-9-8-22(16-25(24)32)42-27-10-11-35-26-18-29(41-3)28(40-2)17-23(26)27/h4-11,16-18H,12-15,19H2,1-3H3,(H,36,39). The van der Waals surface area contributed by atoms with E-state index in [-0.39, 0.29) is 11.4 Å². The van der Waals surface area contributed by atoms with Gasteiger partial charge in [-0.3, -0.25) is 14.7 Å². The van der Waals surface area contributed by atoms with Crippen LogP contribution in [0.2, 0.25) is 0 Å². The fraction of sp³-hybridized carbons (Fsp3) is 0.290. The molecule has 1 aromatic heterocycles. The van der Waals surface area contributed by atoms with Gasteiger partial charge in [-0.2, -0.15) is 8.78 Å². The average Bonchev–Trinajstić information content (AvgIpc) is 2.98. The third-order valence-electron chi connectivity index (χ3n) is 7.21. The van der Waals surface area contributed by atoms with Crippen molar-refractivity contribution >= 4 is 22.5 Å². The second-order valence-corrected chi connectivity index (χ2v) is 10.1. The molecule has 4 aromatic rings. The molecule has 0 atom stereocenters. The first kappa shape index (κ1) is 29.2. The van der Waals surface area contributed by atoms with Crippen LogP contribution in [-0.2, 0) is 17.3 Å². The fourth-order valence-corrected chi connectivity index (χ4v) is 4.77. The third-order valence-corrected chi connectivity index (χ3v) is 7.21. The van der Waals surface area contributed by atoms with E-state index in [2.05, 4.69) is 27.1 Å². The lowest BCUT2D eigenvalue weighted by atomic mass is 10.1. The van der Waals surface area contributed by atoms with Crippen molar-refractivity contribution in [3.8, 4) is 23.0 Å². The van der Waals surface area contributed by atoms with E-state index in [1.54, 1.807) is 42.5 Å². The zero-order valence-electron chi connectivity index (χ0n) is 23.5. The molecule has 1 aliphatic rings. The SMILES string of the molecule is COc1cc2nccc(Oc3ccc(C(F)(F)C(=O)Nc4ccc(CN5CCN(C)CC5)cc4)c(F)c3)c2cc1OC. The van der Waals surface area contributed by atoms with Crippen molar-refractivity contribution in [1.82, 2.24) is 14.8 Å². The largest absolute Gasteiger partial charge is 0.493 e. The highest BCUT2D eigenvalue weighted by Crippen LogP contribution is 2.38. The number of anilines is 1. The molecule has 3 aromatic carbocycles. The number of hydrogen-bond donors (Lipinski definition) is 1. The summed E-state index contributed by atoms with van der Waals surface area (Å²) in [4.78, 5) is 21.4. The number of alkyl halides is 2. The molecular weight excluding hydrogens is 549 g/mol. The number of fused-ring (bicyclic) bond motifs is 1. The summed E-state index contributed by atoms with van der Waals surface area (Å²) in [5, 5.41) is 2.74. The van der Waals surface area contributed by atoms with Crippen LogP contribution < -0.4 is 19.5 Å². The first-order valence-corrected chi connectivity index (χ1v) is 13.4. The van der Waals surface area contributed by atoms with Gasteiger partial charge in [0, 0.05) is 62.1 Å². The Labute approximate surface area is 241 Å². The van der Waals surface area contributed by atoms with Gasteiger partial charge in [0.25, 0.3) is 5.91 Å². The lowest BCUT2D eigenvalue weighted by molar-refractivity contribution is -0.141. The van der Waals surface area contributed by atoms with Crippen molar-refractivity contribution in [1.29, 1.82) is 0 Å². The first-order chi connectivity index (χ1) is 20.2. The number of likely N-dealkylation sites (N-methyl/N-ethyl adjacent to an activating group) is 1. The number of nitrogens with one attached hydrogen (secondary N) is 1. The van der Waals surface area contributed by atoms with Crippen LogP contribution in [0.3, 0.4) is 0 Å². The number of piperazine rings is 1. The van der Waals surface area contributed by atoms with Crippen molar-refractivity contribution in [2.45, 2.75) is 12.5 Å². The van der Waals surface area contributed by atoms with Gasteiger partial charge in [-0.25, -0.2) is 4.39 Å². The summed E-state index contributed by atoms with van der Waals surface area (Å²) in [6.07, 6.45) is 1.49. The van der Waals surface area contributed by atoms with E-state index >= 15 is 8.78 Å².